The van der Waals surface area contributed by atoms with Gasteiger partial charge in [0.05, 0.1) is 13.7 Å². The Morgan fingerprint density at radius 3 is 2.58 bits per heavy atom. The summed E-state index contributed by atoms with van der Waals surface area (Å²) in [6.07, 6.45) is 3.30. The zero-order chi connectivity index (χ0) is 13.5. The van der Waals surface area contributed by atoms with E-state index in [2.05, 4.69) is 10.2 Å². The van der Waals surface area contributed by atoms with E-state index in [1.54, 1.807) is 7.11 Å². The summed E-state index contributed by atoms with van der Waals surface area (Å²) in [5.74, 6) is 0.997. The third-order valence-electron chi connectivity index (χ3n) is 3.46. The van der Waals surface area contributed by atoms with Crippen molar-refractivity contribution in [2.24, 2.45) is 0 Å². The van der Waals surface area contributed by atoms with E-state index in [4.69, 9.17) is 4.74 Å². The fraction of sp³-hybridized carbons (Fsp3) is 0.533. The quantitative estimate of drug-likeness (QED) is 0.843. The van der Waals surface area contributed by atoms with E-state index in [9.17, 15) is 4.79 Å². The Morgan fingerprint density at radius 1 is 1.26 bits per heavy atom. The molecule has 0 aliphatic carbocycles. The lowest BCUT2D eigenvalue weighted by Crippen LogP contribution is -2.36. The Bertz CT molecular complexity index is 397. The van der Waals surface area contributed by atoms with Crippen LogP contribution in [0.1, 0.15) is 18.4 Å². The molecule has 0 unspecified atom stereocenters. The van der Waals surface area contributed by atoms with E-state index in [0.717, 1.165) is 25.3 Å². The lowest BCUT2D eigenvalue weighted by molar-refractivity contribution is -0.121. The zero-order valence-electron chi connectivity index (χ0n) is 11.5. The minimum absolute atomic E-state index is 0.135. The predicted octanol–water partition coefficient (Wildman–Crippen LogP) is 1.45. The van der Waals surface area contributed by atoms with Crippen molar-refractivity contribution in [1.29, 1.82) is 0 Å². The highest BCUT2D eigenvalue weighted by Crippen LogP contribution is 2.11. The monoisotopic (exact) mass is 262 g/mol. The third kappa shape index (κ3) is 4.56. The lowest BCUT2D eigenvalue weighted by atomic mass is 10.1. The predicted molar refractivity (Wildman–Crippen MR) is 75.4 cm³/mol. The Hall–Kier alpha value is -1.55. The van der Waals surface area contributed by atoms with Gasteiger partial charge in [0, 0.05) is 6.54 Å². The molecule has 0 bridgehead atoms. The van der Waals surface area contributed by atoms with E-state index in [1.165, 1.54) is 18.4 Å². The highest BCUT2D eigenvalue weighted by molar-refractivity contribution is 5.78. The lowest BCUT2D eigenvalue weighted by Gasteiger charge is -2.14. The van der Waals surface area contributed by atoms with Crippen LogP contribution < -0.4 is 10.1 Å². The maximum atomic E-state index is 11.7. The Morgan fingerprint density at radius 2 is 1.95 bits per heavy atom. The van der Waals surface area contributed by atoms with Crippen LogP contribution in [0.25, 0.3) is 0 Å². The molecule has 4 nitrogen and oxygen atoms in total. The molecule has 0 saturated carbocycles. The third-order valence-corrected chi connectivity index (χ3v) is 3.46. The smallest absolute Gasteiger partial charge is 0.234 e. The van der Waals surface area contributed by atoms with Gasteiger partial charge in [0.15, 0.2) is 0 Å². The van der Waals surface area contributed by atoms with Crippen molar-refractivity contribution in [3.63, 3.8) is 0 Å². The van der Waals surface area contributed by atoms with E-state index >= 15 is 0 Å². The van der Waals surface area contributed by atoms with Gasteiger partial charge in [-0.25, -0.2) is 0 Å². The molecule has 1 fully saturated rings. The van der Waals surface area contributed by atoms with Crippen LogP contribution in [-0.4, -0.2) is 44.1 Å². The van der Waals surface area contributed by atoms with Gasteiger partial charge in [-0.15, -0.1) is 0 Å². The van der Waals surface area contributed by atoms with E-state index in [-0.39, 0.29) is 5.91 Å². The van der Waals surface area contributed by atoms with Crippen molar-refractivity contribution >= 4 is 5.91 Å². The van der Waals surface area contributed by atoms with Crippen LogP contribution in [0.3, 0.4) is 0 Å². The normalized spacial score (nSPS) is 15.4. The van der Waals surface area contributed by atoms with Gasteiger partial charge in [-0.2, -0.15) is 0 Å². The van der Waals surface area contributed by atoms with Crippen LogP contribution in [0.4, 0.5) is 0 Å². The molecular formula is C15H22N2O2. The van der Waals surface area contributed by atoms with Gasteiger partial charge in [-0.3, -0.25) is 9.69 Å². The molecule has 4 heteroatoms. The number of hydrogen-bond acceptors (Lipinski definition) is 3. The Kier molecular flexibility index (Phi) is 5.21. The Labute approximate surface area is 114 Å². The van der Waals surface area contributed by atoms with Crippen molar-refractivity contribution in [2.75, 3.05) is 33.3 Å². The molecule has 0 spiro atoms. The highest BCUT2D eigenvalue weighted by atomic mass is 16.5. The van der Waals surface area contributed by atoms with Gasteiger partial charge in [0.25, 0.3) is 0 Å². The molecule has 1 aromatic carbocycles. The number of nitrogens with zero attached hydrogens (tertiary/aromatic N) is 1. The summed E-state index contributed by atoms with van der Waals surface area (Å²) in [6.45, 7) is 3.36. The van der Waals surface area contributed by atoms with Gasteiger partial charge in [-0.05, 0) is 50.0 Å². The van der Waals surface area contributed by atoms with Crippen LogP contribution >= 0.6 is 0 Å². The zero-order valence-corrected chi connectivity index (χ0v) is 11.5. The number of likely N-dealkylation sites (tertiary alicyclic amines) is 1. The first-order valence-electron chi connectivity index (χ1n) is 6.90. The molecule has 1 N–H and O–H groups in total. The number of hydrogen-bond donors (Lipinski definition) is 1. The number of amides is 1. The van der Waals surface area contributed by atoms with E-state index in [1.807, 2.05) is 24.3 Å². The number of nitrogens with one attached hydrogen (secondary N) is 1. The summed E-state index contributed by atoms with van der Waals surface area (Å²) >= 11 is 0. The second-order valence-electron chi connectivity index (χ2n) is 4.93. The van der Waals surface area contributed by atoms with Crippen LogP contribution in [0.2, 0.25) is 0 Å². The second-order valence-corrected chi connectivity index (χ2v) is 4.93. The van der Waals surface area contributed by atoms with E-state index < -0.39 is 0 Å². The molecule has 1 amide bonds. The van der Waals surface area contributed by atoms with E-state index in [0.29, 0.717) is 13.1 Å². The van der Waals surface area contributed by atoms with Crippen molar-refractivity contribution < 1.29 is 9.53 Å². The number of methoxy groups -OCH3 is 1. The van der Waals surface area contributed by atoms with Crippen molar-refractivity contribution in [3.8, 4) is 5.75 Å². The fourth-order valence-corrected chi connectivity index (χ4v) is 2.34. The SMILES string of the molecule is COc1ccc(CCNC(=O)CN2CCCC2)cc1. The number of benzene rings is 1. The largest absolute Gasteiger partial charge is 0.497 e. The second kappa shape index (κ2) is 7.14. The van der Waals surface area contributed by atoms with Gasteiger partial charge in [0.1, 0.15) is 5.75 Å². The highest BCUT2D eigenvalue weighted by Gasteiger charge is 2.14. The van der Waals surface area contributed by atoms with Gasteiger partial charge < -0.3 is 10.1 Å². The molecule has 1 aromatic rings. The summed E-state index contributed by atoms with van der Waals surface area (Å²) in [5, 5.41) is 2.97. The average molecular weight is 262 g/mol. The summed E-state index contributed by atoms with van der Waals surface area (Å²) in [6, 6.07) is 7.96. The molecule has 1 aliphatic heterocycles. The number of carbonyl (C=O) groups is 1. The van der Waals surface area contributed by atoms with Crippen LogP contribution in [-0.2, 0) is 11.2 Å². The topological polar surface area (TPSA) is 41.6 Å². The van der Waals surface area contributed by atoms with Crippen LogP contribution in [0.15, 0.2) is 24.3 Å². The number of carbonyl (C=O) groups excluding carboxylic acids is 1. The molecule has 19 heavy (non-hydrogen) atoms. The molecule has 1 saturated heterocycles. The maximum Gasteiger partial charge on any atom is 0.234 e. The Balaban J connectivity index is 1.65. The summed E-state index contributed by atoms with van der Waals surface area (Å²) in [4.78, 5) is 13.9. The molecule has 1 aliphatic rings. The van der Waals surface area contributed by atoms with Crippen molar-refractivity contribution in [3.05, 3.63) is 29.8 Å². The molecule has 104 valence electrons. The molecule has 0 radical (unpaired) electrons. The molecule has 0 atom stereocenters. The standard InChI is InChI=1S/C15H22N2O2/c1-19-14-6-4-13(5-7-14)8-9-16-15(18)12-17-10-2-3-11-17/h4-7H,2-3,8-12H2,1H3,(H,16,18). The average Bonchev–Trinajstić information content (AvgIpc) is 2.92. The fourth-order valence-electron chi connectivity index (χ4n) is 2.34. The summed E-state index contributed by atoms with van der Waals surface area (Å²) in [5.41, 5.74) is 1.21. The first kappa shape index (κ1) is 13.9. The first-order valence-corrected chi connectivity index (χ1v) is 6.90. The van der Waals surface area contributed by atoms with Crippen LogP contribution in [0.5, 0.6) is 5.75 Å². The summed E-state index contributed by atoms with van der Waals surface area (Å²) < 4.78 is 5.11. The molecule has 2 rings (SSSR count). The minimum Gasteiger partial charge on any atom is -0.497 e. The molecule has 1 heterocycles. The number of rotatable bonds is 6. The number of ether oxygens (including phenoxy) is 1. The minimum atomic E-state index is 0.135. The van der Waals surface area contributed by atoms with Gasteiger partial charge in [0.2, 0.25) is 5.91 Å². The maximum absolute atomic E-state index is 11.7. The molecular weight excluding hydrogens is 240 g/mol. The summed E-state index contributed by atoms with van der Waals surface area (Å²) in [7, 11) is 1.66. The van der Waals surface area contributed by atoms with Gasteiger partial charge in [-0.1, -0.05) is 12.1 Å². The first-order chi connectivity index (χ1) is 9.28. The van der Waals surface area contributed by atoms with Crippen molar-refractivity contribution in [2.45, 2.75) is 19.3 Å². The van der Waals surface area contributed by atoms with Gasteiger partial charge >= 0.3 is 0 Å². The molecule has 0 aromatic heterocycles. The van der Waals surface area contributed by atoms with Crippen molar-refractivity contribution in [1.82, 2.24) is 10.2 Å². The van der Waals surface area contributed by atoms with Crippen LogP contribution in [0, 0.1) is 0 Å².